The molecular weight excluding hydrogens is 376 g/mol. The summed E-state index contributed by atoms with van der Waals surface area (Å²) >= 11 is 0. The minimum atomic E-state index is -0.625. The molecule has 3 rings (SSSR count). The predicted molar refractivity (Wildman–Crippen MR) is 103 cm³/mol. The first-order valence-electron chi connectivity index (χ1n) is 9.41. The van der Waals surface area contributed by atoms with E-state index in [-0.39, 0.29) is 25.2 Å². The predicted octanol–water partition coefficient (Wildman–Crippen LogP) is 1.78. The zero-order chi connectivity index (χ0) is 20.5. The van der Waals surface area contributed by atoms with Crippen LogP contribution in [0.15, 0.2) is 42.5 Å². The monoisotopic (exact) mass is 400 g/mol. The number of likely N-dealkylation sites (tertiary alicyclic amines) is 1. The third kappa shape index (κ3) is 6.34. The molecule has 0 aliphatic carbocycles. The highest BCUT2D eigenvalue weighted by molar-refractivity contribution is 5.82. The highest BCUT2D eigenvalue weighted by Crippen LogP contribution is 2.17. The molecule has 1 aromatic carbocycles. The van der Waals surface area contributed by atoms with Crippen LogP contribution in [0.4, 0.5) is 4.79 Å². The number of hydrogen-bond acceptors (Lipinski definition) is 7. The zero-order valence-corrected chi connectivity index (χ0v) is 16.2. The Morgan fingerprint density at radius 3 is 2.62 bits per heavy atom. The third-order valence-electron chi connectivity index (χ3n) is 4.44. The first kappa shape index (κ1) is 20.4. The van der Waals surface area contributed by atoms with Gasteiger partial charge >= 0.3 is 6.09 Å². The second-order valence-electron chi connectivity index (χ2n) is 6.55. The van der Waals surface area contributed by atoms with Crippen LogP contribution < -0.4 is 14.8 Å². The minimum absolute atomic E-state index is 0.122. The normalized spacial score (nSPS) is 16.0. The Hall–Kier alpha value is -3.36. The van der Waals surface area contributed by atoms with Gasteiger partial charge in [0.1, 0.15) is 19.3 Å². The molecule has 9 nitrogen and oxygen atoms in total. The van der Waals surface area contributed by atoms with Crippen molar-refractivity contribution in [3.63, 3.8) is 0 Å². The van der Waals surface area contributed by atoms with Crippen molar-refractivity contribution >= 4 is 12.0 Å². The zero-order valence-electron chi connectivity index (χ0n) is 16.2. The smallest absolute Gasteiger partial charge is 0.407 e. The number of alkyl carbamates (subject to hydrolysis) is 1. The molecule has 1 aromatic heterocycles. The molecular formula is C20H24N4O5. The van der Waals surface area contributed by atoms with Gasteiger partial charge in [-0.3, -0.25) is 4.79 Å². The van der Waals surface area contributed by atoms with E-state index in [1.54, 1.807) is 17.0 Å². The van der Waals surface area contributed by atoms with Gasteiger partial charge in [0.15, 0.2) is 0 Å². The molecule has 29 heavy (non-hydrogen) atoms. The Morgan fingerprint density at radius 2 is 1.90 bits per heavy atom. The van der Waals surface area contributed by atoms with E-state index in [0.29, 0.717) is 24.8 Å². The van der Waals surface area contributed by atoms with E-state index < -0.39 is 6.09 Å². The Kier molecular flexibility index (Phi) is 7.21. The largest absolute Gasteiger partial charge is 0.480 e. The van der Waals surface area contributed by atoms with Crippen molar-refractivity contribution in [2.45, 2.75) is 25.6 Å². The quantitative estimate of drug-likeness (QED) is 0.756. The summed E-state index contributed by atoms with van der Waals surface area (Å²) in [4.78, 5) is 25.9. The van der Waals surface area contributed by atoms with Gasteiger partial charge in [-0.2, -0.15) is 0 Å². The summed E-state index contributed by atoms with van der Waals surface area (Å²) in [6, 6.07) is 12.7. The third-order valence-corrected chi connectivity index (χ3v) is 4.44. The number of ether oxygens (including phenoxy) is 3. The van der Waals surface area contributed by atoms with Crippen LogP contribution in [-0.2, 0) is 16.1 Å². The summed E-state index contributed by atoms with van der Waals surface area (Å²) in [5.74, 6) is 0.603. The molecule has 1 aliphatic heterocycles. The summed E-state index contributed by atoms with van der Waals surface area (Å²) in [7, 11) is 1.51. The number of benzene rings is 1. The molecule has 1 saturated heterocycles. The van der Waals surface area contributed by atoms with Crippen LogP contribution >= 0.6 is 0 Å². The number of amides is 2. The average Bonchev–Trinajstić information content (AvgIpc) is 2.77. The lowest BCUT2D eigenvalue weighted by atomic mass is 10.1. The van der Waals surface area contributed by atoms with Crippen LogP contribution in [0.3, 0.4) is 0 Å². The number of hydrogen-bond donors (Lipinski definition) is 1. The number of nitrogens with one attached hydrogen (secondary N) is 1. The number of carbonyl (C=O) groups excluding carboxylic acids is 2. The van der Waals surface area contributed by atoms with Crippen LogP contribution in [0.5, 0.6) is 11.8 Å². The molecule has 0 spiro atoms. The first-order valence-corrected chi connectivity index (χ1v) is 9.41. The van der Waals surface area contributed by atoms with Gasteiger partial charge in [0.25, 0.3) is 0 Å². The van der Waals surface area contributed by atoms with Gasteiger partial charge in [0.05, 0.1) is 13.7 Å². The second-order valence-corrected chi connectivity index (χ2v) is 6.55. The van der Waals surface area contributed by atoms with Gasteiger partial charge in [0, 0.05) is 18.7 Å². The summed E-state index contributed by atoms with van der Waals surface area (Å²) in [6.45, 7) is 1.08. The summed E-state index contributed by atoms with van der Waals surface area (Å²) in [5.41, 5.74) is 0.881. The lowest BCUT2D eigenvalue weighted by Crippen LogP contribution is -2.48. The van der Waals surface area contributed by atoms with Crippen LogP contribution in [0, 0.1) is 0 Å². The molecule has 0 bridgehead atoms. The topological polar surface area (TPSA) is 103 Å². The van der Waals surface area contributed by atoms with Crippen molar-refractivity contribution in [3.8, 4) is 11.8 Å². The van der Waals surface area contributed by atoms with E-state index >= 15 is 0 Å². The molecule has 9 heteroatoms. The van der Waals surface area contributed by atoms with Crippen LogP contribution in [0.2, 0.25) is 0 Å². The van der Waals surface area contributed by atoms with E-state index in [4.69, 9.17) is 14.2 Å². The summed E-state index contributed by atoms with van der Waals surface area (Å²) < 4.78 is 15.9. The number of rotatable bonds is 7. The Balaban J connectivity index is 1.41. The van der Waals surface area contributed by atoms with Gasteiger partial charge in [-0.15, -0.1) is 10.2 Å². The van der Waals surface area contributed by atoms with Gasteiger partial charge in [-0.1, -0.05) is 30.3 Å². The molecule has 1 aliphatic rings. The van der Waals surface area contributed by atoms with Crippen LogP contribution in [0.1, 0.15) is 18.4 Å². The van der Waals surface area contributed by atoms with Crippen molar-refractivity contribution in [1.82, 2.24) is 20.4 Å². The summed E-state index contributed by atoms with van der Waals surface area (Å²) in [5, 5.41) is 10.3. The number of aromatic nitrogens is 2. The molecule has 2 aromatic rings. The molecule has 1 fully saturated rings. The van der Waals surface area contributed by atoms with Gasteiger partial charge in [-0.05, 0) is 18.4 Å². The van der Waals surface area contributed by atoms with Crippen LogP contribution in [-0.4, -0.2) is 59.9 Å². The van der Waals surface area contributed by atoms with E-state index in [0.717, 1.165) is 18.4 Å². The van der Waals surface area contributed by atoms with E-state index in [1.165, 1.54) is 7.11 Å². The van der Waals surface area contributed by atoms with Crippen molar-refractivity contribution in [2.75, 3.05) is 26.7 Å². The number of nitrogens with zero attached hydrogens (tertiary/aromatic N) is 3. The maximum absolute atomic E-state index is 12.4. The standard InChI is InChI=1S/C20H24N4O5/c1-27-17-9-10-18(23-22-17)29-16-8-5-11-24(13-16)19(25)12-21-20(26)28-14-15-6-3-2-4-7-15/h2-4,6-7,9-10,16H,5,8,11-14H2,1H3,(H,21,26). The van der Waals surface area contributed by atoms with Gasteiger partial charge in [-0.25, -0.2) is 4.79 Å². The van der Waals surface area contributed by atoms with E-state index in [2.05, 4.69) is 15.5 Å². The Labute approximate surface area is 169 Å². The Morgan fingerprint density at radius 1 is 1.14 bits per heavy atom. The maximum Gasteiger partial charge on any atom is 0.407 e. The van der Waals surface area contributed by atoms with Crippen molar-refractivity contribution in [1.29, 1.82) is 0 Å². The fourth-order valence-electron chi connectivity index (χ4n) is 2.94. The van der Waals surface area contributed by atoms with Crippen LogP contribution in [0.25, 0.3) is 0 Å². The minimum Gasteiger partial charge on any atom is -0.480 e. The van der Waals surface area contributed by atoms with Gasteiger partial charge in [0.2, 0.25) is 17.7 Å². The molecule has 1 atom stereocenters. The number of carbonyl (C=O) groups is 2. The number of methoxy groups -OCH3 is 1. The lowest BCUT2D eigenvalue weighted by Gasteiger charge is -2.32. The molecule has 0 radical (unpaired) electrons. The molecule has 1 unspecified atom stereocenters. The van der Waals surface area contributed by atoms with Crippen molar-refractivity contribution in [2.24, 2.45) is 0 Å². The van der Waals surface area contributed by atoms with Crippen molar-refractivity contribution < 1.29 is 23.8 Å². The van der Waals surface area contributed by atoms with E-state index in [1.807, 2.05) is 30.3 Å². The lowest BCUT2D eigenvalue weighted by molar-refractivity contribution is -0.132. The highest BCUT2D eigenvalue weighted by Gasteiger charge is 2.25. The Bertz CT molecular complexity index is 800. The molecule has 2 amide bonds. The SMILES string of the molecule is COc1ccc(OC2CCCN(C(=O)CNC(=O)OCc3ccccc3)C2)nn1. The van der Waals surface area contributed by atoms with Crippen molar-refractivity contribution in [3.05, 3.63) is 48.0 Å². The van der Waals surface area contributed by atoms with E-state index in [9.17, 15) is 9.59 Å². The molecule has 2 heterocycles. The van der Waals surface area contributed by atoms with Gasteiger partial charge < -0.3 is 24.4 Å². The molecule has 1 N–H and O–H groups in total. The molecule has 0 saturated carbocycles. The second kappa shape index (κ2) is 10.3. The average molecular weight is 400 g/mol. The number of piperidine rings is 1. The molecule has 154 valence electrons. The highest BCUT2D eigenvalue weighted by atomic mass is 16.5. The summed E-state index contributed by atoms with van der Waals surface area (Å²) in [6.07, 6.45) is 0.809. The maximum atomic E-state index is 12.4. The fraction of sp³-hybridized carbons (Fsp3) is 0.400. The fourth-order valence-corrected chi connectivity index (χ4v) is 2.94. The first-order chi connectivity index (χ1) is 14.1.